The van der Waals surface area contributed by atoms with E-state index in [1.165, 1.54) is 38.8 Å². The maximum Gasteiger partial charge on any atom is 0.139 e. The van der Waals surface area contributed by atoms with E-state index in [4.69, 9.17) is 0 Å². The molecule has 1 N–H and O–H groups in total. The van der Waals surface area contributed by atoms with Crippen molar-refractivity contribution in [1.82, 2.24) is 5.32 Å². The summed E-state index contributed by atoms with van der Waals surface area (Å²) in [5.41, 5.74) is 0. The van der Waals surface area contributed by atoms with Gasteiger partial charge in [-0.1, -0.05) is 0 Å². The van der Waals surface area contributed by atoms with Gasteiger partial charge in [0.25, 0.3) is 0 Å². The molecule has 2 saturated carbocycles. The Hall–Kier alpha value is -0.370. The van der Waals surface area contributed by atoms with E-state index < -0.39 is 0 Å². The number of hydrogen-bond acceptors (Lipinski definition) is 2. The van der Waals surface area contributed by atoms with Crippen molar-refractivity contribution in [3.8, 4) is 0 Å². The molecule has 0 spiro atoms. The number of nitrogens with one attached hydrogen (secondary N) is 1. The minimum Gasteiger partial charge on any atom is -0.316 e. The summed E-state index contributed by atoms with van der Waals surface area (Å²) < 4.78 is 0. The van der Waals surface area contributed by atoms with Gasteiger partial charge >= 0.3 is 0 Å². The predicted octanol–water partition coefficient (Wildman–Crippen LogP) is 1.21. The first kappa shape index (κ1) is 7.98. The van der Waals surface area contributed by atoms with E-state index in [1.807, 2.05) is 0 Å². The first-order chi connectivity index (χ1) is 6.34. The van der Waals surface area contributed by atoms with Gasteiger partial charge in [0, 0.05) is 11.8 Å². The number of Topliss-reactive ketones (excluding diaryl/α,β-unsaturated/α-hetero) is 1. The molecule has 1 saturated heterocycles. The Bertz CT molecular complexity index is 222. The predicted molar refractivity (Wildman–Crippen MR) is 50.3 cm³/mol. The minimum absolute atomic E-state index is 0.449. The Morgan fingerprint density at radius 1 is 1.00 bits per heavy atom. The minimum atomic E-state index is 0.449. The Labute approximate surface area is 79.1 Å². The summed E-state index contributed by atoms with van der Waals surface area (Å²) in [6, 6.07) is 0. The fraction of sp³-hybridized carbons (Fsp3) is 0.909. The second kappa shape index (κ2) is 2.81. The zero-order chi connectivity index (χ0) is 8.84. The zero-order valence-electron chi connectivity index (χ0n) is 7.96. The smallest absolute Gasteiger partial charge is 0.139 e. The summed E-state index contributed by atoms with van der Waals surface area (Å²) in [5.74, 6) is 3.19. The molecule has 2 atom stereocenters. The molecule has 72 valence electrons. The van der Waals surface area contributed by atoms with Gasteiger partial charge in [0.05, 0.1) is 0 Å². The maximum absolute atomic E-state index is 11.8. The molecule has 1 aliphatic heterocycles. The molecule has 2 heteroatoms. The number of carbonyl (C=O) groups is 1. The lowest BCUT2D eigenvalue weighted by Crippen LogP contribution is -2.18. The van der Waals surface area contributed by atoms with Crippen LogP contribution in [0.3, 0.4) is 0 Å². The average Bonchev–Trinajstić information content (AvgIpc) is 2.73. The molecule has 0 unspecified atom stereocenters. The maximum atomic E-state index is 11.8. The SMILES string of the molecule is O=C(C1CC1)C1C[C@H]2CNC[C@@H]2C1. The van der Waals surface area contributed by atoms with Crippen LogP contribution in [0.15, 0.2) is 0 Å². The van der Waals surface area contributed by atoms with Crippen LogP contribution < -0.4 is 5.32 Å². The molecule has 0 aromatic rings. The highest BCUT2D eigenvalue weighted by Gasteiger charge is 2.43. The number of rotatable bonds is 2. The first-order valence-corrected chi connectivity index (χ1v) is 5.59. The van der Waals surface area contributed by atoms with Crippen LogP contribution in [0, 0.1) is 23.7 Å². The quantitative estimate of drug-likeness (QED) is 0.690. The summed E-state index contributed by atoms with van der Waals surface area (Å²) >= 11 is 0. The molecule has 0 aromatic heterocycles. The third-order valence-electron chi connectivity index (χ3n) is 4.04. The molecule has 3 aliphatic rings. The van der Waals surface area contributed by atoms with Crippen LogP contribution in [0.4, 0.5) is 0 Å². The molecule has 0 radical (unpaired) electrons. The number of carbonyl (C=O) groups excluding carboxylic acids is 1. The fourth-order valence-electron chi connectivity index (χ4n) is 3.10. The number of ketones is 1. The fourth-order valence-corrected chi connectivity index (χ4v) is 3.10. The van der Waals surface area contributed by atoms with E-state index in [0.29, 0.717) is 17.6 Å². The molecule has 0 amide bonds. The molecule has 1 heterocycles. The van der Waals surface area contributed by atoms with Gasteiger partial charge in [-0.3, -0.25) is 4.79 Å². The largest absolute Gasteiger partial charge is 0.316 e. The van der Waals surface area contributed by atoms with Gasteiger partial charge in [0.15, 0.2) is 0 Å². The van der Waals surface area contributed by atoms with Gasteiger partial charge in [0.2, 0.25) is 0 Å². The molecular weight excluding hydrogens is 162 g/mol. The van der Waals surface area contributed by atoms with Crippen LogP contribution in [-0.4, -0.2) is 18.9 Å². The van der Waals surface area contributed by atoms with E-state index in [0.717, 1.165) is 11.8 Å². The van der Waals surface area contributed by atoms with E-state index in [1.54, 1.807) is 0 Å². The van der Waals surface area contributed by atoms with Gasteiger partial charge in [-0.25, -0.2) is 0 Å². The molecule has 0 aromatic carbocycles. The van der Waals surface area contributed by atoms with Gasteiger partial charge in [0.1, 0.15) is 5.78 Å². The lowest BCUT2D eigenvalue weighted by Gasteiger charge is -2.08. The number of hydrogen-bond donors (Lipinski definition) is 1. The Balaban J connectivity index is 1.65. The molecule has 3 fully saturated rings. The van der Waals surface area contributed by atoms with Gasteiger partial charge < -0.3 is 5.32 Å². The second-order valence-electron chi connectivity index (χ2n) is 5.02. The van der Waals surface area contributed by atoms with Crippen molar-refractivity contribution >= 4 is 5.78 Å². The average molecular weight is 179 g/mol. The molecule has 3 rings (SSSR count). The van der Waals surface area contributed by atoms with Gasteiger partial charge in [-0.05, 0) is 50.6 Å². The monoisotopic (exact) mass is 179 g/mol. The zero-order valence-corrected chi connectivity index (χ0v) is 7.96. The lowest BCUT2D eigenvalue weighted by atomic mass is 9.97. The normalized spacial score (nSPS) is 39.4. The molecule has 2 nitrogen and oxygen atoms in total. The van der Waals surface area contributed by atoms with Crippen LogP contribution in [0.1, 0.15) is 25.7 Å². The van der Waals surface area contributed by atoms with Gasteiger partial charge in [-0.15, -0.1) is 0 Å². The highest BCUT2D eigenvalue weighted by Crippen LogP contribution is 2.43. The third kappa shape index (κ3) is 1.32. The van der Waals surface area contributed by atoms with Crippen molar-refractivity contribution < 1.29 is 4.79 Å². The van der Waals surface area contributed by atoms with E-state index in [2.05, 4.69) is 5.32 Å². The highest BCUT2D eigenvalue weighted by molar-refractivity contribution is 5.85. The molecule has 0 bridgehead atoms. The standard InChI is InChI=1S/C11H17NO/c13-11(7-1-2-7)8-3-9-5-12-6-10(9)4-8/h7-10,12H,1-6H2/t9-,10-/m0/s1. The van der Waals surface area contributed by atoms with Crippen molar-refractivity contribution in [1.29, 1.82) is 0 Å². The van der Waals surface area contributed by atoms with Crippen molar-refractivity contribution in [3.63, 3.8) is 0 Å². The van der Waals surface area contributed by atoms with Gasteiger partial charge in [-0.2, -0.15) is 0 Å². The Morgan fingerprint density at radius 3 is 2.15 bits per heavy atom. The third-order valence-corrected chi connectivity index (χ3v) is 4.04. The van der Waals surface area contributed by atoms with Crippen LogP contribution in [0.5, 0.6) is 0 Å². The Morgan fingerprint density at radius 2 is 1.62 bits per heavy atom. The lowest BCUT2D eigenvalue weighted by molar-refractivity contribution is -0.124. The van der Waals surface area contributed by atoms with Crippen LogP contribution in [0.25, 0.3) is 0 Å². The molecular formula is C11H17NO. The first-order valence-electron chi connectivity index (χ1n) is 5.59. The van der Waals surface area contributed by atoms with E-state index in [9.17, 15) is 4.79 Å². The summed E-state index contributed by atoms with van der Waals surface area (Å²) in [4.78, 5) is 11.8. The van der Waals surface area contributed by atoms with E-state index >= 15 is 0 Å². The second-order valence-corrected chi connectivity index (χ2v) is 5.02. The Kier molecular flexibility index (Phi) is 1.72. The van der Waals surface area contributed by atoms with Crippen molar-refractivity contribution in [2.75, 3.05) is 13.1 Å². The van der Waals surface area contributed by atoms with Crippen molar-refractivity contribution in [2.24, 2.45) is 23.7 Å². The van der Waals surface area contributed by atoms with Crippen molar-refractivity contribution in [2.45, 2.75) is 25.7 Å². The summed E-state index contributed by atoms with van der Waals surface area (Å²) in [7, 11) is 0. The van der Waals surface area contributed by atoms with E-state index in [-0.39, 0.29) is 0 Å². The van der Waals surface area contributed by atoms with Crippen LogP contribution in [0.2, 0.25) is 0 Å². The van der Waals surface area contributed by atoms with Crippen molar-refractivity contribution in [3.05, 3.63) is 0 Å². The molecule has 13 heavy (non-hydrogen) atoms. The summed E-state index contributed by atoms with van der Waals surface area (Å²) in [6.45, 7) is 2.33. The van der Waals surface area contributed by atoms with Crippen LogP contribution >= 0.6 is 0 Å². The summed E-state index contributed by atoms with van der Waals surface area (Å²) in [5, 5.41) is 3.42. The number of fused-ring (bicyclic) bond motifs is 1. The molecule has 2 aliphatic carbocycles. The summed E-state index contributed by atoms with van der Waals surface area (Å²) in [6.07, 6.45) is 4.74. The topological polar surface area (TPSA) is 29.1 Å². The van der Waals surface area contributed by atoms with Crippen LogP contribution in [-0.2, 0) is 4.79 Å². The highest BCUT2D eigenvalue weighted by atomic mass is 16.1.